The first-order valence-electron chi connectivity index (χ1n) is 7.69. The number of anilines is 1. The van der Waals surface area contributed by atoms with Crippen LogP contribution in [0.2, 0.25) is 0 Å². The van der Waals surface area contributed by atoms with Crippen LogP contribution in [0.3, 0.4) is 0 Å². The summed E-state index contributed by atoms with van der Waals surface area (Å²) in [6, 6.07) is 7.33. The molecule has 0 saturated carbocycles. The molecule has 6 nitrogen and oxygen atoms in total. The van der Waals surface area contributed by atoms with Crippen LogP contribution in [0.1, 0.15) is 23.1 Å². The van der Waals surface area contributed by atoms with Crippen LogP contribution < -0.4 is 5.32 Å². The third kappa shape index (κ3) is 4.07. The van der Waals surface area contributed by atoms with Crippen molar-refractivity contribution in [1.82, 2.24) is 9.78 Å². The summed E-state index contributed by atoms with van der Waals surface area (Å²) in [6.45, 7) is 3.82. The molecular weight excluding hydrogens is 304 g/mol. The molecule has 2 aromatic rings. The molecule has 1 heterocycles. The summed E-state index contributed by atoms with van der Waals surface area (Å²) in [5.41, 5.74) is 3.48. The van der Waals surface area contributed by atoms with Gasteiger partial charge in [0, 0.05) is 25.4 Å². The predicted octanol–water partition coefficient (Wildman–Crippen LogP) is 2.32. The summed E-state index contributed by atoms with van der Waals surface area (Å²) in [5.74, 6) is -2.27. The highest BCUT2D eigenvalue weighted by molar-refractivity contribution is 6.09. The maximum Gasteiger partial charge on any atom is 0.249 e. The molecule has 1 N–H and O–H groups in total. The highest BCUT2D eigenvalue weighted by atomic mass is 16.2. The van der Waals surface area contributed by atoms with Gasteiger partial charge in [-0.3, -0.25) is 14.3 Å². The SMILES string of the molecule is Cc1cccc(NC(=O)[C@H](C#N)C(=O)CCc2cnn(C)c2)c1C. The van der Waals surface area contributed by atoms with Crippen LogP contribution in [0, 0.1) is 31.1 Å². The molecule has 0 radical (unpaired) electrons. The Hall–Kier alpha value is -2.94. The second kappa shape index (κ2) is 7.55. The maximum absolute atomic E-state index is 12.3. The van der Waals surface area contributed by atoms with Gasteiger partial charge in [-0.15, -0.1) is 0 Å². The molecule has 0 bridgehead atoms. The quantitative estimate of drug-likeness (QED) is 0.826. The largest absolute Gasteiger partial charge is 0.324 e. The summed E-state index contributed by atoms with van der Waals surface area (Å²) in [5, 5.41) is 15.9. The van der Waals surface area contributed by atoms with E-state index in [9.17, 15) is 14.9 Å². The van der Waals surface area contributed by atoms with E-state index < -0.39 is 11.8 Å². The van der Waals surface area contributed by atoms with Gasteiger partial charge in [-0.1, -0.05) is 12.1 Å². The number of ketones is 1. The summed E-state index contributed by atoms with van der Waals surface area (Å²) in [6.07, 6.45) is 4.07. The fourth-order valence-electron chi connectivity index (χ4n) is 2.38. The number of nitriles is 1. The fraction of sp³-hybridized carbons (Fsp3) is 0.333. The van der Waals surface area contributed by atoms with E-state index >= 15 is 0 Å². The zero-order valence-electron chi connectivity index (χ0n) is 14.0. The molecule has 0 spiro atoms. The first-order chi connectivity index (χ1) is 11.4. The summed E-state index contributed by atoms with van der Waals surface area (Å²) in [7, 11) is 1.79. The minimum absolute atomic E-state index is 0.129. The van der Waals surface area contributed by atoms with Crippen LogP contribution in [-0.2, 0) is 23.1 Å². The highest BCUT2D eigenvalue weighted by Gasteiger charge is 2.26. The molecule has 1 amide bonds. The molecule has 1 aromatic heterocycles. The standard InChI is InChI=1S/C18H20N4O2/c1-12-5-4-6-16(13(12)2)21-18(24)15(9-19)17(23)8-7-14-10-20-22(3)11-14/h4-6,10-11,15H,7-8H2,1-3H3,(H,21,24)/t15-/m1/s1. The van der Waals surface area contributed by atoms with Gasteiger partial charge in [0.15, 0.2) is 11.7 Å². The zero-order chi connectivity index (χ0) is 17.7. The summed E-state index contributed by atoms with van der Waals surface area (Å²) < 4.78 is 1.65. The van der Waals surface area contributed by atoms with Crippen LogP contribution in [0.25, 0.3) is 0 Å². The number of benzene rings is 1. The molecule has 1 atom stereocenters. The predicted molar refractivity (Wildman–Crippen MR) is 90.2 cm³/mol. The number of nitrogens with zero attached hydrogens (tertiary/aromatic N) is 3. The molecule has 24 heavy (non-hydrogen) atoms. The van der Waals surface area contributed by atoms with Crippen LogP contribution in [0.15, 0.2) is 30.6 Å². The lowest BCUT2D eigenvalue weighted by atomic mass is 9.99. The molecule has 124 valence electrons. The second-order valence-electron chi connectivity index (χ2n) is 5.79. The van der Waals surface area contributed by atoms with Crippen LogP contribution in [-0.4, -0.2) is 21.5 Å². The average molecular weight is 324 g/mol. The van der Waals surface area contributed by atoms with E-state index in [4.69, 9.17) is 0 Å². The number of hydrogen-bond acceptors (Lipinski definition) is 4. The number of carbonyl (C=O) groups excluding carboxylic acids is 2. The van der Waals surface area contributed by atoms with Crippen LogP contribution in [0.5, 0.6) is 0 Å². The molecule has 0 fully saturated rings. The molecule has 1 aromatic carbocycles. The van der Waals surface area contributed by atoms with Gasteiger partial charge >= 0.3 is 0 Å². The van der Waals surface area contributed by atoms with Crippen molar-refractivity contribution in [3.05, 3.63) is 47.3 Å². The molecule has 0 aliphatic heterocycles. The number of nitrogens with one attached hydrogen (secondary N) is 1. The van der Waals surface area contributed by atoms with Gasteiger partial charge in [0.25, 0.3) is 0 Å². The van der Waals surface area contributed by atoms with E-state index in [2.05, 4.69) is 10.4 Å². The number of amides is 1. The minimum atomic E-state index is -1.30. The summed E-state index contributed by atoms with van der Waals surface area (Å²) >= 11 is 0. The first kappa shape index (κ1) is 17.4. The molecule has 0 aliphatic carbocycles. The van der Waals surface area contributed by atoms with Gasteiger partial charge in [0.1, 0.15) is 0 Å². The van der Waals surface area contributed by atoms with E-state index in [-0.39, 0.29) is 12.2 Å². The third-order valence-corrected chi connectivity index (χ3v) is 3.99. The number of carbonyl (C=O) groups is 2. The number of rotatable bonds is 6. The van der Waals surface area contributed by atoms with Crippen molar-refractivity contribution in [3.63, 3.8) is 0 Å². The van der Waals surface area contributed by atoms with E-state index in [1.54, 1.807) is 24.0 Å². The Labute approximate surface area is 141 Å². The van der Waals surface area contributed by atoms with Crippen LogP contribution in [0.4, 0.5) is 5.69 Å². The number of aryl methyl sites for hydroxylation is 3. The van der Waals surface area contributed by atoms with Crippen molar-refractivity contribution in [1.29, 1.82) is 5.26 Å². The number of Topliss-reactive ketones (excluding diaryl/α,β-unsaturated/α-hetero) is 1. The van der Waals surface area contributed by atoms with E-state index in [1.807, 2.05) is 38.2 Å². The van der Waals surface area contributed by atoms with E-state index in [0.717, 1.165) is 16.7 Å². The van der Waals surface area contributed by atoms with Crippen molar-refractivity contribution in [2.45, 2.75) is 26.7 Å². The molecular formula is C18H20N4O2. The lowest BCUT2D eigenvalue weighted by molar-refractivity contribution is -0.128. The third-order valence-electron chi connectivity index (χ3n) is 3.99. The van der Waals surface area contributed by atoms with Gasteiger partial charge in [-0.25, -0.2) is 0 Å². The van der Waals surface area contributed by atoms with Crippen molar-refractivity contribution in [2.24, 2.45) is 13.0 Å². The smallest absolute Gasteiger partial charge is 0.249 e. The van der Waals surface area contributed by atoms with Crippen molar-refractivity contribution in [3.8, 4) is 6.07 Å². The molecule has 0 aliphatic rings. The normalized spacial score (nSPS) is 11.6. The molecule has 6 heteroatoms. The van der Waals surface area contributed by atoms with Gasteiger partial charge in [0.05, 0.1) is 12.3 Å². The zero-order valence-corrected chi connectivity index (χ0v) is 14.0. The topological polar surface area (TPSA) is 87.8 Å². The van der Waals surface area contributed by atoms with E-state index in [0.29, 0.717) is 12.1 Å². The Morgan fingerprint density at radius 3 is 2.75 bits per heavy atom. The Morgan fingerprint density at radius 1 is 1.38 bits per heavy atom. The lowest BCUT2D eigenvalue weighted by Crippen LogP contribution is -2.29. The summed E-state index contributed by atoms with van der Waals surface area (Å²) in [4.78, 5) is 24.5. The Kier molecular flexibility index (Phi) is 5.48. The van der Waals surface area contributed by atoms with Gasteiger partial charge < -0.3 is 5.32 Å². The Bertz CT molecular complexity index is 802. The fourth-order valence-corrected chi connectivity index (χ4v) is 2.38. The second-order valence-corrected chi connectivity index (χ2v) is 5.79. The number of hydrogen-bond donors (Lipinski definition) is 1. The van der Waals surface area contributed by atoms with Gasteiger partial charge in [-0.2, -0.15) is 10.4 Å². The molecule has 2 rings (SSSR count). The minimum Gasteiger partial charge on any atom is -0.324 e. The van der Waals surface area contributed by atoms with Gasteiger partial charge in [0.2, 0.25) is 5.91 Å². The van der Waals surface area contributed by atoms with Crippen molar-refractivity contribution >= 4 is 17.4 Å². The first-order valence-corrected chi connectivity index (χ1v) is 7.69. The van der Waals surface area contributed by atoms with Crippen LogP contribution >= 0.6 is 0 Å². The lowest BCUT2D eigenvalue weighted by Gasteiger charge is -2.12. The Morgan fingerprint density at radius 2 is 2.12 bits per heavy atom. The molecule has 0 saturated heterocycles. The van der Waals surface area contributed by atoms with Crippen molar-refractivity contribution in [2.75, 3.05) is 5.32 Å². The highest BCUT2D eigenvalue weighted by Crippen LogP contribution is 2.19. The Balaban J connectivity index is 2.01. The van der Waals surface area contributed by atoms with Gasteiger partial charge in [-0.05, 0) is 43.0 Å². The number of aromatic nitrogens is 2. The average Bonchev–Trinajstić information content (AvgIpc) is 2.96. The maximum atomic E-state index is 12.3. The van der Waals surface area contributed by atoms with E-state index in [1.165, 1.54) is 0 Å². The molecule has 0 unspecified atom stereocenters. The van der Waals surface area contributed by atoms with Crippen molar-refractivity contribution < 1.29 is 9.59 Å². The monoisotopic (exact) mass is 324 g/mol.